The van der Waals surface area contributed by atoms with Crippen molar-refractivity contribution in [2.45, 2.75) is 73.9 Å². The number of hydrogen-bond donors (Lipinski definition) is 0. The normalized spacial score (nSPS) is 13.5. The molecule has 0 atom stereocenters. The number of carbonyl (C=O) groups is 1. The van der Waals surface area contributed by atoms with Crippen LogP contribution in [0.3, 0.4) is 0 Å². The van der Waals surface area contributed by atoms with Crippen molar-refractivity contribution in [1.82, 2.24) is 14.7 Å². The average Bonchev–Trinajstić information content (AvgIpc) is 2.98. The Hall–Kier alpha value is -2.50. The predicted molar refractivity (Wildman–Crippen MR) is 123 cm³/mol. The number of fused-ring (bicyclic) bond motifs is 1. The highest BCUT2D eigenvalue weighted by atomic mass is 16.5. The number of rotatable bonds is 9. The largest absolute Gasteiger partial charge is 0.490 e. The molecule has 6 heteroatoms. The van der Waals surface area contributed by atoms with E-state index in [1.54, 1.807) is 0 Å². The third-order valence-electron chi connectivity index (χ3n) is 5.89. The fraction of sp³-hybridized carbons (Fsp3) is 0.600. The summed E-state index contributed by atoms with van der Waals surface area (Å²) >= 11 is 0. The number of aryl methyl sites for hydroxylation is 1. The molecule has 1 aromatic carbocycles. The van der Waals surface area contributed by atoms with E-state index in [2.05, 4.69) is 36.6 Å². The van der Waals surface area contributed by atoms with Crippen LogP contribution < -0.4 is 9.47 Å². The molecule has 0 radical (unpaired) electrons. The lowest BCUT2D eigenvalue weighted by atomic mass is 9.98. The molecular formula is C25H37N3O3. The lowest BCUT2D eigenvalue weighted by Gasteiger charge is -2.30. The molecule has 1 aliphatic rings. The Morgan fingerprint density at radius 3 is 2.35 bits per heavy atom. The van der Waals surface area contributed by atoms with Gasteiger partial charge in [0, 0.05) is 31.7 Å². The second-order valence-electron chi connectivity index (χ2n) is 8.72. The van der Waals surface area contributed by atoms with Gasteiger partial charge < -0.3 is 14.4 Å². The first kappa shape index (κ1) is 23.2. The Morgan fingerprint density at radius 1 is 1.10 bits per heavy atom. The summed E-state index contributed by atoms with van der Waals surface area (Å²) in [7, 11) is 0. The molecule has 170 valence electrons. The SMILES string of the molecule is CCOc1cc2c(cc1OCC)CN(C(=O)CCc1c(C)nn(CC(C)C)c1C)CC2. The van der Waals surface area contributed by atoms with E-state index in [4.69, 9.17) is 9.47 Å². The van der Waals surface area contributed by atoms with Crippen LogP contribution in [0.2, 0.25) is 0 Å². The van der Waals surface area contributed by atoms with Crippen LogP contribution in [0.15, 0.2) is 12.1 Å². The van der Waals surface area contributed by atoms with Crippen molar-refractivity contribution in [3.05, 3.63) is 40.2 Å². The van der Waals surface area contributed by atoms with E-state index in [-0.39, 0.29) is 5.91 Å². The summed E-state index contributed by atoms with van der Waals surface area (Å²) in [4.78, 5) is 15.0. The minimum atomic E-state index is 0.202. The zero-order valence-corrected chi connectivity index (χ0v) is 20.0. The Bertz CT molecular complexity index is 917. The standard InChI is InChI=1S/C25H37N3O3/c1-7-30-23-13-20-11-12-27(16-21(20)14-24(23)31-8-2)25(29)10-9-22-18(5)26-28(19(22)6)15-17(3)4/h13-14,17H,7-12,15-16H2,1-6H3. The number of nitrogens with zero attached hydrogens (tertiary/aromatic N) is 3. The molecule has 2 aromatic rings. The molecule has 0 fully saturated rings. The van der Waals surface area contributed by atoms with Crippen LogP contribution in [0.1, 0.15) is 62.2 Å². The molecule has 0 N–H and O–H groups in total. The van der Waals surface area contributed by atoms with Gasteiger partial charge in [0.2, 0.25) is 5.91 Å². The average molecular weight is 428 g/mol. The Morgan fingerprint density at radius 2 is 1.74 bits per heavy atom. The number of ether oxygens (including phenoxy) is 2. The van der Waals surface area contributed by atoms with E-state index >= 15 is 0 Å². The minimum absolute atomic E-state index is 0.202. The third kappa shape index (κ3) is 5.41. The van der Waals surface area contributed by atoms with Gasteiger partial charge in [-0.15, -0.1) is 0 Å². The van der Waals surface area contributed by atoms with Crippen molar-refractivity contribution < 1.29 is 14.3 Å². The first-order valence-corrected chi connectivity index (χ1v) is 11.6. The second-order valence-corrected chi connectivity index (χ2v) is 8.72. The molecule has 0 bridgehead atoms. The molecule has 0 unspecified atom stereocenters. The molecule has 0 spiro atoms. The molecular weight excluding hydrogens is 390 g/mol. The first-order chi connectivity index (χ1) is 14.8. The van der Waals surface area contributed by atoms with Crippen LogP contribution >= 0.6 is 0 Å². The summed E-state index contributed by atoms with van der Waals surface area (Å²) in [5.74, 6) is 2.31. The van der Waals surface area contributed by atoms with Crippen molar-refractivity contribution >= 4 is 5.91 Å². The monoisotopic (exact) mass is 427 g/mol. The number of carbonyl (C=O) groups excluding carboxylic acids is 1. The van der Waals surface area contributed by atoms with E-state index in [1.807, 2.05) is 31.7 Å². The highest BCUT2D eigenvalue weighted by Gasteiger charge is 2.24. The van der Waals surface area contributed by atoms with Gasteiger partial charge in [0.25, 0.3) is 0 Å². The molecule has 3 rings (SSSR count). The molecule has 6 nitrogen and oxygen atoms in total. The minimum Gasteiger partial charge on any atom is -0.490 e. The van der Waals surface area contributed by atoms with Gasteiger partial charge in [0.05, 0.1) is 18.9 Å². The molecule has 1 aliphatic heterocycles. The van der Waals surface area contributed by atoms with E-state index in [9.17, 15) is 4.79 Å². The first-order valence-electron chi connectivity index (χ1n) is 11.6. The van der Waals surface area contributed by atoms with Crippen molar-refractivity contribution in [2.24, 2.45) is 5.92 Å². The van der Waals surface area contributed by atoms with Gasteiger partial charge in [-0.2, -0.15) is 5.10 Å². The van der Waals surface area contributed by atoms with Crippen LogP contribution in [0.25, 0.3) is 0 Å². The smallest absolute Gasteiger partial charge is 0.223 e. The quantitative estimate of drug-likeness (QED) is 0.592. The van der Waals surface area contributed by atoms with Crippen LogP contribution in [0.5, 0.6) is 11.5 Å². The summed E-state index contributed by atoms with van der Waals surface area (Å²) in [6, 6.07) is 4.13. The van der Waals surface area contributed by atoms with Gasteiger partial charge in [-0.05, 0) is 75.3 Å². The zero-order valence-electron chi connectivity index (χ0n) is 20.0. The second kappa shape index (κ2) is 10.2. The van der Waals surface area contributed by atoms with E-state index < -0.39 is 0 Å². The summed E-state index contributed by atoms with van der Waals surface area (Å²) < 4.78 is 13.6. The zero-order chi connectivity index (χ0) is 22.5. The van der Waals surface area contributed by atoms with Gasteiger partial charge >= 0.3 is 0 Å². The van der Waals surface area contributed by atoms with Gasteiger partial charge in [0.1, 0.15) is 0 Å². The summed E-state index contributed by atoms with van der Waals surface area (Å²) in [5.41, 5.74) is 5.85. The Kier molecular flexibility index (Phi) is 7.63. The fourth-order valence-corrected chi connectivity index (χ4v) is 4.32. The van der Waals surface area contributed by atoms with Gasteiger partial charge in [0.15, 0.2) is 11.5 Å². The Balaban J connectivity index is 1.67. The topological polar surface area (TPSA) is 56.6 Å². The maximum Gasteiger partial charge on any atom is 0.223 e. The summed E-state index contributed by atoms with van der Waals surface area (Å²) in [5, 5.41) is 4.69. The maximum absolute atomic E-state index is 13.0. The van der Waals surface area contributed by atoms with Crippen molar-refractivity contribution in [2.75, 3.05) is 19.8 Å². The summed E-state index contributed by atoms with van der Waals surface area (Å²) in [6.45, 7) is 16.0. The molecule has 0 saturated carbocycles. The van der Waals surface area contributed by atoms with Crippen molar-refractivity contribution in [3.63, 3.8) is 0 Å². The van der Waals surface area contributed by atoms with Gasteiger partial charge in [-0.25, -0.2) is 0 Å². The number of hydrogen-bond acceptors (Lipinski definition) is 4. The highest BCUT2D eigenvalue weighted by molar-refractivity contribution is 5.77. The molecule has 0 aliphatic carbocycles. The van der Waals surface area contributed by atoms with Crippen molar-refractivity contribution in [1.29, 1.82) is 0 Å². The van der Waals surface area contributed by atoms with Crippen LogP contribution in [0.4, 0.5) is 0 Å². The van der Waals surface area contributed by atoms with Crippen LogP contribution in [0, 0.1) is 19.8 Å². The number of benzene rings is 1. The third-order valence-corrected chi connectivity index (χ3v) is 5.89. The fourth-order valence-electron chi connectivity index (χ4n) is 4.32. The molecule has 31 heavy (non-hydrogen) atoms. The predicted octanol–water partition coefficient (Wildman–Crippen LogP) is 4.47. The van der Waals surface area contributed by atoms with E-state index in [0.29, 0.717) is 32.1 Å². The van der Waals surface area contributed by atoms with E-state index in [1.165, 1.54) is 16.8 Å². The molecule has 1 amide bonds. The molecule has 1 aromatic heterocycles. The van der Waals surface area contributed by atoms with Crippen molar-refractivity contribution in [3.8, 4) is 11.5 Å². The van der Waals surface area contributed by atoms with Crippen LogP contribution in [-0.4, -0.2) is 40.3 Å². The highest BCUT2D eigenvalue weighted by Crippen LogP contribution is 2.34. The van der Waals surface area contributed by atoms with Gasteiger partial charge in [-0.3, -0.25) is 9.48 Å². The van der Waals surface area contributed by atoms with Gasteiger partial charge in [-0.1, -0.05) is 13.8 Å². The maximum atomic E-state index is 13.0. The van der Waals surface area contributed by atoms with E-state index in [0.717, 1.165) is 48.7 Å². The lowest BCUT2D eigenvalue weighted by Crippen LogP contribution is -2.36. The van der Waals surface area contributed by atoms with Crippen LogP contribution in [-0.2, 0) is 30.7 Å². The number of aromatic nitrogens is 2. The lowest BCUT2D eigenvalue weighted by molar-refractivity contribution is -0.132. The number of amides is 1. The molecule has 0 saturated heterocycles. The molecule has 2 heterocycles. The Labute approximate surface area is 186 Å². The summed E-state index contributed by atoms with van der Waals surface area (Å²) in [6.07, 6.45) is 2.10.